The third-order valence-corrected chi connectivity index (χ3v) is 2.94. The van der Waals surface area contributed by atoms with Crippen molar-refractivity contribution in [1.29, 1.82) is 0 Å². The van der Waals surface area contributed by atoms with Gasteiger partial charge in [-0.25, -0.2) is 0 Å². The van der Waals surface area contributed by atoms with Gasteiger partial charge >= 0.3 is 0 Å². The molecule has 0 aromatic heterocycles. The second-order valence-corrected chi connectivity index (χ2v) is 4.16. The molecule has 0 amide bonds. The normalized spacial score (nSPS) is 17.3. The molecule has 1 saturated heterocycles. The Labute approximate surface area is 97.9 Å². The molecule has 1 aliphatic rings. The average molecular weight is 227 g/mol. The quantitative estimate of drug-likeness (QED) is 0.797. The summed E-state index contributed by atoms with van der Waals surface area (Å²) in [6, 6.07) is 9.16. The van der Waals surface area contributed by atoms with Crippen molar-refractivity contribution in [2.45, 2.75) is 25.8 Å². The zero-order valence-electron chi connectivity index (χ0n) is 9.15. The lowest BCUT2D eigenvalue weighted by Gasteiger charge is -2.32. The Hall–Kier alpha value is -0.730. The van der Waals surface area contributed by atoms with Gasteiger partial charge in [0.25, 0.3) is 0 Å². The van der Waals surface area contributed by atoms with Crippen LogP contribution in [0.5, 0.6) is 0 Å². The Kier molecular flexibility index (Phi) is 4.43. The molecule has 0 aliphatic carbocycles. The van der Waals surface area contributed by atoms with Crippen LogP contribution in [0.3, 0.4) is 0 Å². The summed E-state index contributed by atoms with van der Waals surface area (Å²) in [5.74, 6) is 0. The van der Waals surface area contributed by atoms with Crippen LogP contribution in [0.15, 0.2) is 24.3 Å². The molecular weight excluding hydrogens is 208 g/mol. The minimum atomic E-state index is 0. The lowest BCUT2D eigenvalue weighted by Crippen LogP contribution is -2.39. The minimum absolute atomic E-state index is 0. The third kappa shape index (κ3) is 3.11. The van der Waals surface area contributed by atoms with Crippen LogP contribution in [0.1, 0.15) is 18.4 Å². The van der Waals surface area contributed by atoms with Crippen LogP contribution in [-0.2, 0) is 0 Å². The maximum Gasteiger partial charge on any atom is 0.0366 e. The molecule has 2 rings (SSSR count). The van der Waals surface area contributed by atoms with Crippen molar-refractivity contribution in [2.75, 3.05) is 18.0 Å². The van der Waals surface area contributed by atoms with Crippen LogP contribution < -0.4 is 10.6 Å². The van der Waals surface area contributed by atoms with Gasteiger partial charge in [-0.1, -0.05) is 17.7 Å². The molecule has 0 bridgehead atoms. The van der Waals surface area contributed by atoms with E-state index < -0.39 is 0 Å². The van der Waals surface area contributed by atoms with Crippen LogP contribution in [0, 0.1) is 6.92 Å². The largest absolute Gasteiger partial charge is 0.371 e. The van der Waals surface area contributed by atoms with Crippen LogP contribution in [-0.4, -0.2) is 19.1 Å². The van der Waals surface area contributed by atoms with Crippen LogP contribution in [0.4, 0.5) is 5.69 Å². The van der Waals surface area contributed by atoms with E-state index in [1.165, 1.54) is 11.3 Å². The molecule has 2 nitrogen and oxygen atoms in total. The molecular formula is C12H19ClN2. The number of rotatable bonds is 1. The first-order chi connectivity index (χ1) is 6.75. The Morgan fingerprint density at radius 1 is 1.13 bits per heavy atom. The molecule has 2 N–H and O–H groups in total. The number of halogens is 1. The third-order valence-electron chi connectivity index (χ3n) is 2.94. The summed E-state index contributed by atoms with van der Waals surface area (Å²) in [5, 5.41) is 0. The lowest BCUT2D eigenvalue weighted by molar-refractivity contribution is 0.501. The van der Waals surface area contributed by atoms with E-state index in [0.29, 0.717) is 6.04 Å². The van der Waals surface area contributed by atoms with Crippen molar-refractivity contribution < 1.29 is 0 Å². The second-order valence-electron chi connectivity index (χ2n) is 4.16. The number of anilines is 1. The second kappa shape index (κ2) is 5.38. The molecule has 0 atom stereocenters. The molecule has 1 aliphatic heterocycles. The van der Waals surface area contributed by atoms with Gasteiger partial charge in [0, 0.05) is 24.8 Å². The predicted octanol–water partition coefficient (Wildman–Crippen LogP) is 2.34. The van der Waals surface area contributed by atoms with Crippen molar-refractivity contribution in [2.24, 2.45) is 5.73 Å². The maximum absolute atomic E-state index is 5.87. The van der Waals surface area contributed by atoms with E-state index in [2.05, 4.69) is 36.1 Å². The Bertz CT molecular complexity index is 289. The highest BCUT2D eigenvalue weighted by Crippen LogP contribution is 2.19. The van der Waals surface area contributed by atoms with Crippen LogP contribution in [0.2, 0.25) is 0 Å². The van der Waals surface area contributed by atoms with E-state index in [-0.39, 0.29) is 12.4 Å². The fourth-order valence-corrected chi connectivity index (χ4v) is 1.91. The Morgan fingerprint density at radius 3 is 2.20 bits per heavy atom. The summed E-state index contributed by atoms with van der Waals surface area (Å²) in [7, 11) is 0. The van der Waals surface area contributed by atoms with E-state index in [4.69, 9.17) is 5.73 Å². The standard InChI is InChI=1S/C12H18N2.ClH/c1-10-2-4-12(5-3-10)14-8-6-11(13)7-9-14;/h2-5,11H,6-9,13H2,1H3;1H. The first-order valence-electron chi connectivity index (χ1n) is 5.33. The van der Waals surface area contributed by atoms with E-state index in [1.807, 2.05) is 0 Å². The minimum Gasteiger partial charge on any atom is -0.371 e. The zero-order valence-corrected chi connectivity index (χ0v) is 9.96. The molecule has 1 fully saturated rings. The van der Waals surface area contributed by atoms with Crippen LogP contribution >= 0.6 is 12.4 Å². The van der Waals surface area contributed by atoms with E-state index in [9.17, 15) is 0 Å². The highest BCUT2D eigenvalue weighted by Gasteiger charge is 2.15. The van der Waals surface area contributed by atoms with Gasteiger partial charge < -0.3 is 10.6 Å². The summed E-state index contributed by atoms with van der Waals surface area (Å²) in [4.78, 5) is 2.42. The van der Waals surface area contributed by atoms with Gasteiger partial charge in [-0.3, -0.25) is 0 Å². The van der Waals surface area contributed by atoms with E-state index in [1.54, 1.807) is 0 Å². The molecule has 1 aromatic rings. The SMILES string of the molecule is Cc1ccc(N2CCC(N)CC2)cc1.Cl. The molecule has 0 spiro atoms. The van der Waals surface area contributed by atoms with Gasteiger partial charge in [-0.05, 0) is 31.9 Å². The van der Waals surface area contributed by atoms with E-state index in [0.717, 1.165) is 25.9 Å². The van der Waals surface area contributed by atoms with E-state index >= 15 is 0 Å². The van der Waals surface area contributed by atoms with Crippen molar-refractivity contribution in [3.63, 3.8) is 0 Å². The number of piperidine rings is 1. The molecule has 84 valence electrons. The highest BCUT2D eigenvalue weighted by atomic mass is 35.5. The summed E-state index contributed by atoms with van der Waals surface area (Å²) in [5.41, 5.74) is 8.53. The number of benzene rings is 1. The fourth-order valence-electron chi connectivity index (χ4n) is 1.91. The van der Waals surface area contributed by atoms with Crippen LogP contribution in [0.25, 0.3) is 0 Å². The molecule has 3 heteroatoms. The topological polar surface area (TPSA) is 29.3 Å². The lowest BCUT2D eigenvalue weighted by atomic mass is 10.1. The summed E-state index contributed by atoms with van der Waals surface area (Å²) < 4.78 is 0. The van der Waals surface area contributed by atoms with Gasteiger partial charge in [0.05, 0.1) is 0 Å². The first kappa shape index (κ1) is 12.3. The highest BCUT2D eigenvalue weighted by molar-refractivity contribution is 5.85. The zero-order chi connectivity index (χ0) is 9.97. The number of aryl methyl sites for hydroxylation is 1. The maximum atomic E-state index is 5.87. The van der Waals surface area contributed by atoms with Gasteiger partial charge in [0.2, 0.25) is 0 Å². The molecule has 15 heavy (non-hydrogen) atoms. The van der Waals surface area contributed by atoms with Gasteiger partial charge in [-0.15, -0.1) is 12.4 Å². The molecule has 0 unspecified atom stereocenters. The number of hydrogen-bond acceptors (Lipinski definition) is 2. The summed E-state index contributed by atoms with van der Waals surface area (Å²) >= 11 is 0. The van der Waals surface area contributed by atoms with Crippen molar-refractivity contribution >= 4 is 18.1 Å². The smallest absolute Gasteiger partial charge is 0.0366 e. The van der Waals surface area contributed by atoms with Gasteiger partial charge in [-0.2, -0.15) is 0 Å². The van der Waals surface area contributed by atoms with Crippen molar-refractivity contribution in [3.05, 3.63) is 29.8 Å². The molecule has 1 heterocycles. The monoisotopic (exact) mass is 226 g/mol. The number of nitrogens with two attached hydrogens (primary N) is 1. The van der Waals surface area contributed by atoms with Gasteiger partial charge in [0.1, 0.15) is 0 Å². The average Bonchev–Trinajstić information content (AvgIpc) is 2.21. The first-order valence-corrected chi connectivity index (χ1v) is 5.33. The summed E-state index contributed by atoms with van der Waals surface area (Å²) in [6.45, 7) is 4.32. The molecule has 1 aromatic carbocycles. The summed E-state index contributed by atoms with van der Waals surface area (Å²) in [6.07, 6.45) is 2.24. The predicted molar refractivity (Wildman–Crippen MR) is 67.8 cm³/mol. The number of hydrogen-bond donors (Lipinski definition) is 1. The Balaban J connectivity index is 0.00000112. The molecule has 0 radical (unpaired) electrons. The fraction of sp³-hybridized carbons (Fsp3) is 0.500. The Morgan fingerprint density at radius 2 is 1.67 bits per heavy atom. The molecule has 0 saturated carbocycles. The van der Waals surface area contributed by atoms with Gasteiger partial charge in [0.15, 0.2) is 0 Å². The number of nitrogens with zero attached hydrogens (tertiary/aromatic N) is 1. The van der Waals surface area contributed by atoms with Crippen molar-refractivity contribution in [3.8, 4) is 0 Å². The van der Waals surface area contributed by atoms with Crippen molar-refractivity contribution in [1.82, 2.24) is 0 Å².